The van der Waals surface area contributed by atoms with Crippen molar-refractivity contribution in [2.45, 2.75) is 97.0 Å². The Hall–Kier alpha value is -1.60. The molecule has 0 heterocycles. The van der Waals surface area contributed by atoms with Gasteiger partial charge in [0.05, 0.1) is 0 Å². The Morgan fingerprint density at radius 1 is 0.705 bits per heavy atom. The van der Waals surface area contributed by atoms with Gasteiger partial charge in [-0.25, -0.2) is 0 Å². The van der Waals surface area contributed by atoms with Crippen molar-refractivity contribution in [3.8, 4) is 11.1 Å². The van der Waals surface area contributed by atoms with E-state index in [2.05, 4.69) is 122 Å². The van der Waals surface area contributed by atoms with E-state index in [-0.39, 0.29) is 46.9 Å². The second-order valence-electron chi connectivity index (χ2n) is 15.6. The van der Waals surface area contributed by atoms with E-state index in [4.69, 9.17) is 0 Å². The summed E-state index contributed by atoms with van der Waals surface area (Å²) in [6.07, 6.45) is 3.63. The Morgan fingerprint density at radius 2 is 1.18 bits per heavy atom. The molecule has 2 aliphatic carbocycles. The van der Waals surface area contributed by atoms with Crippen molar-refractivity contribution in [1.29, 1.82) is 0 Å². The molecule has 0 amide bonds. The summed E-state index contributed by atoms with van der Waals surface area (Å²) < 4.78 is 18.8. The Bertz CT molecular complexity index is 1560. The van der Waals surface area contributed by atoms with Crippen LogP contribution in [0.15, 0.2) is 81.2 Å². The molecule has 0 fully saturated rings. The number of allylic oxidation sites excluding steroid dienone is 4. The molecule has 3 aromatic carbocycles. The standard InChI is InChI=1S/C21H25.C12H19.C7H5F.2ClH.Zr/c1-20(2,3)16-7-9-18-14(12-16)11-15-13-17(21(4,5)6)8-10-19(15)18;1-6-10-7-9(2)8-11(10)12(3,4)5;1-6-2-4-7(8)5-3-6;;;/h7-13H,1-6H3;8-9H,6H2,1-5H3;1-5H;2*1H;/q;;;;;+2/p-2. The number of benzene rings is 3. The number of halogens is 3. The van der Waals surface area contributed by atoms with Gasteiger partial charge in [0, 0.05) is 0 Å². The molecule has 0 aliphatic heterocycles. The SMILES string of the molecule is CCC1=[C](/[Zr+2](=[CH]\c2ccc(F)cc2)[CH]2c3cc(C(C)(C)C)ccc3-c3ccc(C(C)(C)C)cc32)C(C)C=C1C(C)(C)C.[Cl-].[Cl-]. The van der Waals surface area contributed by atoms with Gasteiger partial charge in [-0.3, -0.25) is 0 Å². The molecule has 44 heavy (non-hydrogen) atoms. The Balaban J connectivity index is 0.00000264. The smallest absolute Gasteiger partial charge is 1.00 e. The molecule has 1 unspecified atom stereocenters. The first-order chi connectivity index (χ1) is 19.5. The normalized spacial score (nSPS) is 16.7. The molecule has 0 bridgehead atoms. The average molecular weight is 711 g/mol. The summed E-state index contributed by atoms with van der Waals surface area (Å²) in [5.74, 6) is 0.252. The second-order valence-corrected chi connectivity index (χ2v) is 21.2. The fourth-order valence-electron chi connectivity index (χ4n) is 6.96. The number of hydrogen-bond acceptors (Lipinski definition) is 0. The molecular weight excluding hydrogens is 662 g/mol. The van der Waals surface area contributed by atoms with Crippen LogP contribution in [0.5, 0.6) is 0 Å². The molecule has 0 saturated heterocycles. The number of fused-ring (bicyclic) bond motifs is 3. The maximum atomic E-state index is 14.1. The fraction of sp³-hybridized carbons (Fsp3) is 0.425. The minimum absolute atomic E-state index is 0. The van der Waals surface area contributed by atoms with E-state index in [1.807, 2.05) is 12.1 Å². The summed E-state index contributed by atoms with van der Waals surface area (Å²) in [4.78, 5) is 0. The minimum Gasteiger partial charge on any atom is -1.00 e. The van der Waals surface area contributed by atoms with Gasteiger partial charge in [-0.05, 0) is 0 Å². The quantitative estimate of drug-likeness (QED) is 0.347. The monoisotopic (exact) mass is 708 g/mol. The molecule has 4 heteroatoms. The Labute approximate surface area is 286 Å². The van der Waals surface area contributed by atoms with Crippen LogP contribution in [0.3, 0.4) is 0 Å². The molecule has 0 saturated carbocycles. The van der Waals surface area contributed by atoms with Gasteiger partial charge in [0.15, 0.2) is 0 Å². The van der Waals surface area contributed by atoms with Crippen LogP contribution >= 0.6 is 0 Å². The zero-order valence-corrected chi connectivity index (χ0v) is 32.4. The third-order valence-corrected chi connectivity index (χ3v) is 17.3. The van der Waals surface area contributed by atoms with Gasteiger partial charge in [0.25, 0.3) is 0 Å². The topological polar surface area (TPSA) is 0 Å². The van der Waals surface area contributed by atoms with Crippen LogP contribution in [0.4, 0.5) is 4.39 Å². The van der Waals surface area contributed by atoms with Crippen LogP contribution < -0.4 is 24.8 Å². The van der Waals surface area contributed by atoms with Crippen molar-refractivity contribution in [3.05, 3.63) is 115 Å². The predicted octanol–water partition coefficient (Wildman–Crippen LogP) is 5.25. The Morgan fingerprint density at radius 3 is 1.59 bits per heavy atom. The summed E-state index contributed by atoms with van der Waals surface area (Å²) in [6, 6.07) is 21.8. The van der Waals surface area contributed by atoms with Gasteiger partial charge < -0.3 is 24.8 Å². The second kappa shape index (κ2) is 13.3. The van der Waals surface area contributed by atoms with Crippen molar-refractivity contribution in [2.75, 3.05) is 0 Å². The van der Waals surface area contributed by atoms with Crippen LogP contribution in [0.2, 0.25) is 0 Å². The molecule has 2 aliphatic rings. The summed E-state index contributed by atoms with van der Waals surface area (Å²) >= 11 is -2.70. The van der Waals surface area contributed by atoms with Crippen LogP contribution in [-0.4, -0.2) is 3.71 Å². The molecular formula is C40H49Cl2FZr. The molecule has 0 aromatic heterocycles. The third kappa shape index (κ3) is 7.04. The first-order valence-electron chi connectivity index (χ1n) is 15.7. The minimum atomic E-state index is -2.70. The molecule has 5 rings (SSSR count). The van der Waals surface area contributed by atoms with E-state index in [1.54, 1.807) is 21.0 Å². The first kappa shape index (κ1) is 36.9. The van der Waals surface area contributed by atoms with Gasteiger partial charge in [-0.2, -0.15) is 0 Å². The van der Waals surface area contributed by atoms with Crippen molar-refractivity contribution in [1.82, 2.24) is 0 Å². The fourth-order valence-corrected chi connectivity index (χ4v) is 15.8. The van der Waals surface area contributed by atoms with Crippen LogP contribution in [-0.2, 0) is 32.1 Å². The van der Waals surface area contributed by atoms with Crippen LogP contribution in [0.1, 0.15) is 114 Å². The summed E-state index contributed by atoms with van der Waals surface area (Å²) in [6.45, 7) is 25.8. The summed E-state index contributed by atoms with van der Waals surface area (Å²) in [7, 11) is 0. The van der Waals surface area contributed by atoms with Crippen molar-refractivity contribution in [2.24, 2.45) is 11.3 Å². The van der Waals surface area contributed by atoms with Crippen LogP contribution in [0, 0.1) is 17.2 Å². The number of hydrogen-bond donors (Lipinski definition) is 0. The zero-order valence-electron chi connectivity index (χ0n) is 28.4. The largest absolute Gasteiger partial charge is 1.00 e. The molecule has 0 spiro atoms. The van der Waals surface area contributed by atoms with E-state index < -0.39 is 21.3 Å². The van der Waals surface area contributed by atoms with E-state index in [9.17, 15) is 4.39 Å². The van der Waals surface area contributed by atoms with E-state index in [0.29, 0.717) is 9.54 Å². The molecule has 0 radical (unpaired) electrons. The van der Waals surface area contributed by atoms with Crippen molar-refractivity contribution < 1.29 is 50.5 Å². The average Bonchev–Trinajstić information content (AvgIpc) is 3.41. The van der Waals surface area contributed by atoms with Gasteiger partial charge >= 0.3 is 264 Å². The van der Waals surface area contributed by atoms with E-state index >= 15 is 0 Å². The Kier molecular flexibility index (Phi) is 11.1. The maximum Gasteiger partial charge on any atom is -1.00 e. The molecule has 0 N–H and O–H groups in total. The first-order valence-corrected chi connectivity index (χ1v) is 19.8. The summed E-state index contributed by atoms with van der Waals surface area (Å²) in [5.41, 5.74) is 13.2. The molecule has 0 nitrogen and oxygen atoms in total. The van der Waals surface area contributed by atoms with Crippen molar-refractivity contribution in [3.63, 3.8) is 0 Å². The predicted molar refractivity (Wildman–Crippen MR) is 177 cm³/mol. The molecule has 3 aromatic rings. The zero-order chi connectivity index (χ0) is 30.8. The van der Waals surface area contributed by atoms with Gasteiger partial charge in [0.2, 0.25) is 0 Å². The van der Waals surface area contributed by atoms with Crippen molar-refractivity contribution >= 4 is 3.71 Å². The molecule has 234 valence electrons. The van der Waals surface area contributed by atoms with Gasteiger partial charge in [-0.1, -0.05) is 0 Å². The number of rotatable bonds is 4. The van der Waals surface area contributed by atoms with Crippen LogP contribution in [0.25, 0.3) is 11.1 Å². The third-order valence-electron chi connectivity index (χ3n) is 9.25. The van der Waals surface area contributed by atoms with Gasteiger partial charge in [-0.15, -0.1) is 0 Å². The van der Waals surface area contributed by atoms with E-state index in [1.165, 1.54) is 44.5 Å². The molecule has 1 atom stereocenters. The summed E-state index contributed by atoms with van der Waals surface area (Å²) in [5, 5.41) is 0. The maximum absolute atomic E-state index is 14.1. The van der Waals surface area contributed by atoms with E-state index in [0.717, 1.165) is 6.42 Å². The van der Waals surface area contributed by atoms with Gasteiger partial charge in [0.1, 0.15) is 0 Å².